The van der Waals surface area contributed by atoms with Crippen molar-refractivity contribution in [2.24, 2.45) is 0 Å². The number of aliphatic carboxylic acids is 1. The topological polar surface area (TPSA) is 98.9 Å². The van der Waals surface area contributed by atoms with Crippen molar-refractivity contribution in [3.63, 3.8) is 0 Å². The number of methoxy groups -OCH3 is 2. The first-order chi connectivity index (χ1) is 11.0. The lowest BCUT2D eigenvalue weighted by molar-refractivity contribution is -0.386. The second-order valence-corrected chi connectivity index (χ2v) is 4.70. The molecule has 0 aromatic heterocycles. The van der Waals surface area contributed by atoms with Gasteiger partial charge < -0.3 is 14.6 Å². The quantitative estimate of drug-likeness (QED) is 0.649. The van der Waals surface area contributed by atoms with E-state index in [2.05, 4.69) is 0 Å². The summed E-state index contributed by atoms with van der Waals surface area (Å²) < 4.78 is 10.1. The Labute approximate surface area is 132 Å². The van der Waals surface area contributed by atoms with Gasteiger partial charge in [0, 0.05) is 0 Å². The number of ether oxygens (including phenoxy) is 2. The van der Waals surface area contributed by atoms with Crippen LogP contribution in [0.25, 0.3) is 11.1 Å². The van der Waals surface area contributed by atoms with Crippen LogP contribution in [0.15, 0.2) is 36.4 Å². The minimum atomic E-state index is -1.16. The number of nitrogens with zero attached hydrogens (tertiary/aromatic N) is 1. The molecule has 0 unspecified atom stereocenters. The van der Waals surface area contributed by atoms with Gasteiger partial charge >= 0.3 is 11.7 Å². The van der Waals surface area contributed by atoms with Crippen LogP contribution in [0.3, 0.4) is 0 Å². The van der Waals surface area contributed by atoms with Gasteiger partial charge in [0.05, 0.1) is 31.1 Å². The Morgan fingerprint density at radius 1 is 1.13 bits per heavy atom. The number of hydrogen-bond donors (Lipinski definition) is 1. The smallest absolute Gasteiger partial charge is 0.315 e. The zero-order valence-electron chi connectivity index (χ0n) is 12.6. The molecule has 0 saturated heterocycles. The van der Waals surface area contributed by atoms with Gasteiger partial charge in [0.15, 0.2) is 5.75 Å². The Bertz CT molecular complexity index is 739. The van der Waals surface area contributed by atoms with E-state index in [0.29, 0.717) is 16.9 Å². The molecule has 0 bridgehead atoms. The minimum absolute atomic E-state index is 0.0310. The highest BCUT2D eigenvalue weighted by Crippen LogP contribution is 2.38. The van der Waals surface area contributed by atoms with Crippen molar-refractivity contribution < 1.29 is 24.3 Å². The number of benzene rings is 2. The largest absolute Gasteiger partial charge is 0.497 e. The van der Waals surface area contributed by atoms with E-state index in [9.17, 15) is 14.9 Å². The molecular weight excluding hydrogens is 302 g/mol. The molecule has 7 nitrogen and oxygen atoms in total. The number of hydrogen-bond acceptors (Lipinski definition) is 5. The van der Waals surface area contributed by atoms with Gasteiger partial charge in [-0.1, -0.05) is 12.1 Å². The van der Waals surface area contributed by atoms with E-state index in [0.717, 1.165) is 0 Å². The third-order valence-corrected chi connectivity index (χ3v) is 3.38. The summed E-state index contributed by atoms with van der Waals surface area (Å²) in [6.45, 7) is 0. The van der Waals surface area contributed by atoms with E-state index >= 15 is 0 Å². The minimum Gasteiger partial charge on any atom is -0.497 e. The summed E-state index contributed by atoms with van der Waals surface area (Å²) in [7, 11) is 2.84. The molecule has 23 heavy (non-hydrogen) atoms. The molecule has 0 radical (unpaired) electrons. The molecule has 2 rings (SSSR count). The van der Waals surface area contributed by atoms with Crippen LogP contribution in [0.4, 0.5) is 5.69 Å². The van der Waals surface area contributed by atoms with Crippen LogP contribution in [0.1, 0.15) is 5.56 Å². The monoisotopic (exact) mass is 317 g/mol. The fourth-order valence-electron chi connectivity index (χ4n) is 2.35. The summed E-state index contributed by atoms with van der Waals surface area (Å²) >= 11 is 0. The SMILES string of the molecule is COc1ccc(-c2ccc(OC)c([N+](=O)[O-])c2CC(=O)O)cc1. The Morgan fingerprint density at radius 3 is 2.26 bits per heavy atom. The van der Waals surface area contributed by atoms with E-state index in [4.69, 9.17) is 14.6 Å². The maximum atomic E-state index is 11.4. The van der Waals surface area contributed by atoms with E-state index < -0.39 is 17.3 Å². The molecule has 1 N–H and O–H groups in total. The average Bonchev–Trinajstić information content (AvgIpc) is 2.53. The van der Waals surface area contributed by atoms with Crippen molar-refractivity contribution in [2.45, 2.75) is 6.42 Å². The van der Waals surface area contributed by atoms with Gasteiger partial charge in [-0.3, -0.25) is 14.9 Å². The third kappa shape index (κ3) is 3.39. The normalized spacial score (nSPS) is 10.2. The molecule has 120 valence electrons. The van der Waals surface area contributed by atoms with Crippen LogP contribution in [-0.2, 0) is 11.2 Å². The first-order valence-electron chi connectivity index (χ1n) is 6.68. The summed E-state index contributed by atoms with van der Waals surface area (Å²) in [6.07, 6.45) is -0.477. The standard InChI is InChI=1S/C16H15NO6/c1-22-11-5-3-10(4-6-11)12-7-8-14(23-2)16(17(20)21)13(12)9-15(18)19/h3-8H,9H2,1-2H3,(H,18,19). The summed E-state index contributed by atoms with van der Waals surface area (Å²) in [5.41, 5.74) is 0.908. The molecule has 0 saturated carbocycles. The molecule has 0 aliphatic carbocycles. The second kappa shape index (κ2) is 6.78. The number of rotatable bonds is 6. The third-order valence-electron chi connectivity index (χ3n) is 3.38. The Morgan fingerprint density at radius 2 is 1.78 bits per heavy atom. The molecular formula is C16H15NO6. The van der Waals surface area contributed by atoms with Crippen LogP contribution in [0, 0.1) is 10.1 Å². The van der Waals surface area contributed by atoms with Gasteiger partial charge in [-0.15, -0.1) is 0 Å². The maximum Gasteiger partial charge on any atom is 0.315 e. The fraction of sp³-hybridized carbons (Fsp3) is 0.188. The zero-order valence-corrected chi connectivity index (χ0v) is 12.6. The van der Waals surface area contributed by atoms with E-state index in [1.54, 1.807) is 30.3 Å². The van der Waals surface area contributed by atoms with Gasteiger partial charge in [-0.25, -0.2) is 0 Å². The lowest BCUT2D eigenvalue weighted by Gasteiger charge is -2.12. The summed E-state index contributed by atoms with van der Waals surface area (Å²) in [4.78, 5) is 21.9. The molecule has 0 heterocycles. The van der Waals surface area contributed by atoms with Gasteiger partial charge in [0.2, 0.25) is 0 Å². The van der Waals surface area contributed by atoms with Crippen LogP contribution in [-0.4, -0.2) is 30.2 Å². The van der Waals surface area contributed by atoms with Crippen molar-refractivity contribution in [1.29, 1.82) is 0 Å². The van der Waals surface area contributed by atoms with Crippen LogP contribution in [0.2, 0.25) is 0 Å². The second-order valence-electron chi connectivity index (χ2n) is 4.70. The number of nitro groups is 1. The van der Waals surface area contributed by atoms with E-state index in [1.807, 2.05) is 0 Å². The molecule has 0 aliphatic rings. The van der Waals surface area contributed by atoms with Crippen molar-refractivity contribution >= 4 is 11.7 Å². The first kappa shape index (κ1) is 16.3. The van der Waals surface area contributed by atoms with Crippen LogP contribution < -0.4 is 9.47 Å². The van der Waals surface area contributed by atoms with Crippen molar-refractivity contribution in [2.75, 3.05) is 14.2 Å². The lowest BCUT2D eigenvalue weighted by atomic mass is 9.95. The molecule has 2 aromatic carbocycles. The Kier molecular flexibility index (Phi) is 4.80. The fourth-order valence-corrected chi connectivity index (χ4v) is 2.35. The number of nitro benzene ring substituents is 1. The van der Waals surface area contributed by atoms with E-state index in [1.165, 1.54) is 20.3 Å². The molecule has 0 aliphatic heterocycles. The molecule has 0 atom stereocenters. The highest BCUT2D eigenvalue weighted by molar-refractivity contribution is 5.82. The lowest BCUT2D eigenvalue weighted by Crippen LogP contribution is -2.07. The van der Waals surface area contributed by atoms with Crippen LogP contribution in [0.5, 0.6) is 11.5 Å². The molecule has 0 spiro atoms. The maximum absolute atomic E-state index is 11.4. The Balaban J connectivity index is 2.68. The highest BCUT2D eigenvalue weighted by atomic mass is 16.6. The predicted octanol–water partition coefficient (Wildman–Crippen LogP) is 2.91. The van der Waals surface area contributed by atoms with E-state index in [-0.39, 0.29) is 17.0 Å². The highest BCUT2D eigenvalue weighted by Gasteiger charge is 2.26. The number of carbonyl (C=O) groups is 1. The van der Waals surface area contributed by atoms with Crippen molar-refractivity contribution in [3.8, 4) is 22.6 Å². The van der Waals surface area contributed by atoms with Gasteiger partial charge in [-0.05, 0) is 35.4 Å². The summed E-state index contributed by atoms with van der Waals surface area (Å²) in [5, 5.41) is 20.5. The average molecular weight is 317 g/mol. The van der Waals surface area contributed by atoms with Gasteiger partial charge in [0.25, 0.3) is 0 Å². The first-order valence-corrected chi connectivity index (χ1v) is 6.68. The van der Waals surface area contributed by atoms with Gasteiger partial charge in [-0.2, -0.15) is 0 Å². The zero-order chi connectivity index (χ0) is 17.0. The van der Waals surface area contributed by atoms with Crippen molar-refractivity contribution in [1.82, 2.24) is 0 Å². The summed E-state index contributed by atoms with van der Waals surface area (Å²) in [5.74, 6) is -0.490. The Hall–Kier alpha value is -3.09. The molecule has 2 aromatic rings. The number of carboxylic acid groups (broad SMARTS) is 1. The molecule has 0 fully saturated rings. The molecule has 0 amide bonds. The van der Waals surface area contributed by atoms with Crippen LogP contribution >= 0.6 is 0 Å². The molecule has 7 heteroatoms. The van der Waals surface area contributed by atoms with Gasteiger partial charge in [0.1, 0.15) is 5.75 Å². The summed E-state index contributed by atoms with van der Waals surface area (Å²) in [6, 6.07) is 9.92. The number of carboxylic acids is 1. The predicted molar refractivity (Wildman–Crippen MR) is 83.0 cm³/mol. The van der Waals surface area contributed by atoms with Crippen molar-refractivity contribution in [3.05, 3.63) is 52.1 Å².